The van der Waals surface area contributed by atoms with Crippen LogP contribution in [0.2, 0.25) is 0 Å². The molecule has 2 N–H and O–H groups in total. The van der Waals surface area contributed by atoms with Gasteiger partial charge in [0.15, 0.2) is 0 Å². The molecule has 1 aliphatic heterocycles. The van der Waals surface area contributed by atoms with Crippen LogP contribution in [-0.2, 0) is 16.4 Å². The molecule has 1 aromatic heterocycles. The maximum absolute atomic E-state index is 12.1. The third kappa shape index (κ3) is 3.11. The highest BCUT2D eigenvalue weighted by atomic mass is 32.2. The highest BCUT2D eigenvalue weighted by molar-refractivity contribution is 7.92. The van der Waals surface area contributed by atoms with Gasteiger partial charge in [0, 0.05) is 24.5 Å². The molecular weight excluding hydrogens is 318 g/mol. The zero-order valence-corrected chi connectivity index (χ0v) is 13.2. The largest absolute Gasteiger partial charge is 0.328 e. The third-order valence-electron chi connectivity index (χ3n) is 3.64. The fourth-order valence-electron chi connectivity index (χ4n) is 2.55. The van der Waals surface area contributed by atoms with Crippen molar-refractivity contribution in [3.63, 3.8) is 0 Å². The molecule has 7 nitrogen and oxygen atoms in total. The smallest absolute Gasteiger partial charge is 0.257 e. The van der Waals surface area contributed by atoms with Crippen molar-refractivity contribution in [1.29, 1.82) is 0 Å². The van der Waals surface area contributed by atoms with Crippen molar-refractivity contribution in [2.24, 2.45) is 0 Å². The number of hydrogen-bond acceptors (Lipinski definition) is 4. The lowest BCUT2D eigenvalue weighted by atomic mass is 10.1. The van der Waals surface area contributed by atoms with Gasteiger partial charge in [-0.3, -0.25) is 13.9 Å². The Morgan fingerprint density at radius 2 is 2.04 bits per heavy atom. The lowest BCUT2D eigenvalue weighted by Crippen LogP contribution is -2.27. The lowest BCUT2D eigenvalue weighted by molar-refractivity contribution is 0.102. The van der Waals surface area contributed by atoms with Crippen LogP contribution < -0.4 is 15.2 Å². The van der Waals surface area contributed by atoms with E-state index >= 15 is 0 Å². The normalized spacial score (nSPS) is 13.7. The molecule has 1 amide bonds. The molecule has 0 aliphatic carbocycles. The molecule has 0 fully saturated rings. The molecule has 2 aromatic rings. The standard InChI is InChI=1S/C15H15N3O4S/c1-23(21,22)18-7-6-10-8-12(3-4-13(10)18)17-15(20)11-2-5-14(19)16-9-11/h2-5,8-9H,6-7H2,1H3,(H,16,19)(H,17,20). The Balaban J connectivity index is 1.82. The van der Waals surface area contributed by atoms with Gasteiger partial charge in [-0.15, -0.1) is 0 Å². The van der Waals surface area contributed by atoms with Gasteiger partial charge in [-0.1, -0.05) is 0 Å². The second-order valence-electron chi connectivity index (χ2n) is 5.32. The number of aromatic amines is 1. The summed E-state index contributed by atoms with van der Waals surface area (Å²) in [5.74, 6) is -0.348. The minimum Gasteiger partial charge on any atom is -0.328 e. The average molecular weight is 333 g/mol. The summed E-state index contributed by atoms with van der Waals surface area (Å²) in [6.07, 6.45) is 3.12. The summed E-state index contributed by atoms with van der Waals surface area (Å²) in [5.41, 5.74) is 2.15. The molecule has 2 heterocycles. The van der Waals surface area contributed by atoms with E-state index in [-0.39, 0.29) is 11.5 Å². The van der Waals surface area contributed by atoms with Crippen molar-refractivity contribution in [3.05, 3.63) is 58.0 Å². The highest BCUT2D eigenvalue weighted by Crippen LogP contribution is 2.32. The van der Waals surface area contributed by atoms with Crippen LogP contribution in [0.25, 0.3) is 0 Å². The minimum atomic E-state index is -3.29. The van der Waals surface area contributed by atoms with Gasteiger partial charge in [-0.05, 0) is 36.2 Å². The van der Waals surface area contributed by atoms with Crippen molar-refractivity contribution in [2.45, 2.75) is 6.42 Å². The van der Waals surface area contributed by atoms with Crippen LogP contribution in [0.3, 0.4) is 0 Å². The van der Waals surface area contributed by atoms with Crippen molar-refractivity contribution in [3.8, 4) is 0 Å². The number of sulfonamides is 1. The van der Waals surface area contributed by atoms with Gasteiger partial charge in [0.2, 0.25) is 15.6 Å². The van der Waals surface area contributed by atoms with Crippen molar-refractivity contribution in [2.75, 3.05) is 22.4 Å². The number of aromatic nitrogens is 1. The number of amides is 1. The van der Waals surface area contributed by atoms with E-state index in [0.29, 0.717) is 29.9 Å². The van der Waals surface area contributed by atoms with E-state index in [1.807, 2.05) is 0 Å². The van der Waals surface area contributed by atoms with Crippen LogP contribution in [-0.4, -0.2) is 32.1 Å². The highest BCUT2D eigenvalue weighted by Gasteiger charge is 2.26. The summed E-state index contributed by atoms with van der Waals surface area (Å²) in [5, 5.41) is 2.73. The monoisotopic (exact) mass is 333 g/mol. The van der Waals surface area contributed by atoms with Gasteiger partial charge >= 0.3 is 0 Å². The van der Waals surface area contributed by atoms with Crippen LogP contribution in [0.15, 0.2) is 41.3 Å². The number of nitrogens with zero attached hydrogens (tertiary/aromatic N) is 1. The summed E-state index contributed by atoms with van der Waals surface area (Å²) in [4.78, 5) is 25.6. The Hall–Kier alpha value is -2.61. The van der Waals surface area contributed by atoms with E-state index < -0.39 is 10.0 Å². The van der Waals surface area contributed by atoms with Crippen LogP contribution in [0.1, 0.15) is 15.9 Å². The number of pyridine rings is 1. The van der Waals surface area contributed by atoms with E-state index in [1.165, 1.54) is 28.9 Å². The molecule has 0 radical (unpaired) electrons. The summed E-state index contributed by atoms with van der Waals surface area (Å²) in [7, 11) is -3.29. The molecule has 1 aliphatic rings. The molecule has 0 unspecified atom stereocenters. The fourth-order valence-corrected chi connectivity index (χ4v) is 3.51. The molecule has 3 rings (SSSR count). The quantitative estimate of drug-likeness (QED) is 0.873. The third-order valence-corrected chi connectivity index (χ3v) is 4.82. The molecule has 23 heavy (non-hydrogen) atoms. The van der Waals surface area contributed by atoms with Gasteiger partial charge in [0.1, 0.15) is 0 Å². The Labute approximate surface area is 133 Å². The molecule has 0 bridgehead atoms. The van der Waals surface area contributed by atoms with Crippen molar-refractivity contribution >= 4 is 27.3 Å². The SMILES string of the molecule is CS(=O)(=O)N1CCc2cc(NC(=O)c3ccc(=O)[nH]c3)ccc21. The first-order valence-electron chi connectivity index (χ1n) is 6.95. The summed E-state index contributed by atoms with van der Waals surface area (Å²) >= 11 is 0. The lowest BCUT2D eigenvalue weighted by Gasteiger charge is -2.16. The number of anilines is 2. The van der Waals surface area contributed by atoms with E-state index in [0.717, 1.165) is 5.56 Å². The number of carbonyl (C=O) groups is 1. The minimum absolute atomic E-state index is 0.278. The maximum Gasteiger partial charge on any atom is 0.257 e. The number of nitrogens with one attached hydrogen (secondary N) is 2. The molecule has 1 aromatic carbocycles. The first-order valence-corrected chi connectivity index (χ1v) is 8.80. The molecular formula is C15H15N3O4S. The Morgan fingerprint density at radius 3 is 2.70 bits per heavy atom. The van der Waals surface area contributed by atoms with Gasteiger partial charge < -0.3 is 10.3 Å². The Bertz CT molecular complexity index is 913. The average Bonchev–Trinajstić information content (AvgIpc) is 2.91. The van der Waals surface area contributed by atoms with E-state index in [2.05, 4.69) is 10.3 Å². The first kappa shape index (κ1) is 15.3. The van der Waals surface area contributed by atoms with Crippen molar-refractivity contribution in [1.82, 2.24) is 4.98 Å². The topological polar surface area (TPSA) is 99.3 Å². The van der Waals surface area contributed by atoms with Gasteiger partial charge in [0.25, 0.3) is 5.91 Å². The number of hydrogen-bond donors (Lipinski definition) is 2. The number of benzene rings is 1. The van der Waals surface area contributed by atoms with Crippen LogP contribution in [0.4, 0.5) is 11.4 Å². The molecule has 0 saturated carbocycles. The molecule has 0 saturated heterocycles. The van der Waals surface area contributed by atoms with E-state index in [1.54, 1.807) is 18.2 Å². The molecule has 0 spiro atoms. The molecule has 8 heteroatoms. The summed E-state index contributed by atoms with van der Waals surface area (Å²) in [6, 6.07) is 7.83. The number of rotatable bonds is 3. The van der Waals surface area contributed by atoms with Crippen molar-refractivity contribution < 1.29 is 13.2 Å². The van der Waals surface area contributed by atoms with Gasteiger partial charge in [-0.25, -0.2) is 8.42 Å². The predicted molar refractivity (Wildman–Crippen MR) is 87.4 cm³/mol. The maximum atomic E-state index is 12.1. The second kappa shape index (κ2) is 5.54. The number of carbonyl (C=O) groups excluding carboxylic acids is 1. The molecule has 120 valence electrons. The zero-order chi connectivity index (χ0) is 16.6. The Kier molecular flexibility index (Phi) is 3.69. The van der Waals surface area contributed by atoms with Gasteiger partial charge in [-0.2, -0.15) is 0 Å². The number of fused-ring (bicyclic) bond motifs is 1. The van der Waals surface area contributed by atoms with Gasteiger partial charge in [0.05, 0.1) is 17.5 Å². The van der Waals surface area contributed by atoms with E-state index in [4.69, 9.17) is 0 Å². The fraction of sp³-hybridized carbons (Fsp3) is 0.200. The first-order chi connectivity index (χ1) is 10.8. The summed E-state index contributed by atoms with van der Waals surface area (Å²) in [6.45, 7) is 0.408. The Morgan fingerprint density at radius 1 is 1.26 bits per heavy atom. The van der Waals surface area contributed by atoms with Crippen LogP contribution in [0.5, 0.6) is 0 Å². The number of H-pyrrole nitrogens is 1. The van der Waals surface area contributed by atoms with E-state index in [9.17, 15) is 18.0 Å². The summed E-state index contributed by atoms with van der Waals surface area (Å²) < 4.78 is 24.8. The molecule has 0 atom stereocenters. The second-order valence-corrected chi connectivity index (χ2v) is 7.23. The van der Waals surface area contributed by atoms with Crippen LogP contribution >= 0.6 is 0 Å². The zero-order valence-electron chi connectivity index (χ0n) is 12.4. The predicted octanol–water partition coefficient (Wildman–Crippen LogP) is 0.949. The van der Waals surface area contributed by atoms with Crippen LogP contribution in [0, 0.1) is 0 Å².